The van der Waals surface area contributed by atoms with Gasteiger partial charge in [0.1, 0.15) is 5.82 Å². The Hall–Kier alpha value is -1.29. The molecular weight excluding hydrogens is 295 g/mol. The molecule has 0 unspecified atom stereocenters. The Morgan fingerprint density at radius 1 is 1.28 bits per heavy atom. The van der Waals surface area contributed by atoms with Gasteiger partial charge >= 0.3 is 0 Å². The van der Waals surface area contributed by atoms with Crippen molar-refractivity contribution >= 4 is 21.6 Å². The first-order valence-electron chi connectivity index (χ1n) is 5.79. The van der Waals surface area contributed by atoms with Crippen LogP contribution in [-0.4, -0.2) is 4.57 Å². The summed E-state index contributed by atoms with van der Waals surface area (Å²) in [5, 5.41) is 3.31. The van der Waals surface area contributed by atoms with Crippen molar-refractivity contribution in [3.63, 3.8) is 0 Å². The van der Waals surface area contributed by atoms with Crippen LogP contribution in [0.5, 0.6) is 0 Å². The summed E-state index contributed by atoms with van der Waals surface area (Å²) >= 11 is 3.35. The molecule has 0 bridgehead atoms. The minimum Gasteiger partial charge on any atom is -0.380 e. The van der Waals surface area contributed by atoms with Crippen LogP contribution >= 0.6 is 15.9 Å². The minimum atomic E-state index is -0.237. The molecular formula is C14H16BrFN2. The summed E-state index contributed by atoms with van der Waals surface area (Å²) in [4.78, 5) is 0. The number of rotatable bonds is 3. The Labute approximate surface area is 115 Å². The van der Waals surface area contributed by atoms with E-state index in [4.69, 9.17) is 0 Å². The Kier molecular flexibility index (Phi) is 3.76. The highest BCUT2D eigenvalue weighted by Crippen LogP contribution is 2.24. The van der Waals surface area contributed by atoms with Gasteiger partial charge in [-0.3, -0.25) is 0 Å². The summed E-state index contributed by atoms with van der Waals surface area (Å²) in [5.41, 5.74) is 4.64. The number of hydrogen-bond acceptors (Lipinski definition) is 1. The number of anilines is 1. The molecule has 96 valence electrons. The molecule has 2 rings (SSSR count). The lowest BCUT2D eigenvalue weighted by Gasteiger charge is -2.09. The topological polar surface area (TPSA) is 17.0 Å². The third-order valence-electron chi connectivity index (χ3n) is 3.28. The van der Waals surface area contributed by atoms with Gasteiger partial charge in [-0.1, -0.05) is 0 Å². The molecule has 0 saturated carbocycles. The van der Waals surface area contributed by atoms with Crippen molar-refractivity contribution in [2.75, 3.05) is 5.32 Å². The van der Waals surface area contributed by atoms with Gasteiger partial charge in [0.25, 0.3) is 0 Å². The Balaban J connectivity index is 2.14. The van der Waals surface area contributed by atoms with E-state index in [1.165, 1.54) is 29.1 Å². The molecule has 1 N–H and O–H groups in total. The van der Waals surface area contributed by atoms with Gasteiger partial charge in [0.2, 0.25) is 0 Å². The number of halogens is 2. The van der Waals surface area contributed by atoms with Crippen molar-refractivity contribution in [2.24, 2.45) is 7.05 Å². The van der Waals surface area contributed by atoms with Crippen molar-refractivity contribution in [1.82, 2.24) is 4.57 Å². The van der Waals surface area contributed by atoms with Crippen molar-refractivity contribution < 1.29 is 4.39 Å². The molecule has 0 spiro atoms. The molecule has 18 heavy (non-hydrogen) atoms. The number of nitrogens with zero attached hydrogens (tertiary/aromatic N) is 1. The van der Waals surface area contributed by atoms with Gasteiger partial charge in [-0.25, -0.2) is 4.39 Å². The van der Waals surface area contributed by atoms with Gasteiger partial charge in [-0.15, -0.1) is 0 Å². The quantitative estimate of drug-likeness (QED) is 0.901. The fourth-order valence-electron chi connectivity index (χ4n) is 1.94. The van der Waals surface area contributed by atoms with E-state index in [-0.39, 0.29) is 5.82 Å². The fourth-order valence-corrected chi connectivity index (χ4v) is 2.43. The summed E-state index contributed by atoms with van der Waals surface area (Å²) in [6.07, 6.45) is 0. The first kappa shape index (κ1) is 13.1. The Bertz CT molecular complexity index is 575. The normalized spacial score (nSPS) is 10.7. The van der Waals surface area contributed by atoms with Crippen LogP contribution in [0.25, 0.3) is 0 Å². The zero-order valence-corrected chi connectivity index (χ0v) is 12.3. The largest absolute Gasteiger partial charge is 0.380 e. The molecule has 0 amide bonds. The molecule has 0 fully saturated rings. The standard InChI is InChI=1S/C14H16BrFN2/c1-9-6-11(10(2)18(9)3)8-17-14-5-4-12(16)7-13(14)15/h4-7,17H,8H2,1-3H3. The monoisotopic (exact) mass is 310 g/mol. The van der Waals surface area contributed by atoms with Crippen LogP contribution in [-0.2, 0) is 13.6 Å². The lowest BCUT2D eigenvalue weighted by atomic mass is 10.2. The van der Waals surface area contributed by atoms with E-state index in [1.54, 1.807) is 6.07 Å². The first-order valence-corrected chi connectivity index (χ1v) is 6.59. The molecule has 4 heteroatoms. The average molecular weight is 311 g/mol. The SMILES string of the molecule is Cc1cc(CNc2ccc(F)cc2Br)c(C)n1C. The van der Waals surface area contributed by atoms with Gasteiger partial charge in [-0.2, -0.15) is 0 Å². The van der Waals surface area contributed by atoms with Crippen molar-refractivity contribution in [2.45, 2.75) is 20.4 Å². The van der Waals surface area contributed by atoms with Crippen LogP contribution in [0.2, 0.25) is 0 Å². The summed E-state index contributed by atoms with van der Waals surface area (Å²) < 4.78 is 15.9. The molecule has 0 saturated heterocycles. The van der Waals surface area contributed by atoms with Gasteiger partial charge in [0.05, 0.1) is 0 Å². The van der Waals surface area contributed by atoms with Crippen LogP contribution in [0, 0.1) is 19.7 Å². The van der Waals surface area contributed by atoms with E-state index in [9.17, 15) is 4.39 Å². The Morgan fingerprint density at radius 2 is 2.00 bits per heavy atom. The Morgan fingerprint density at radius 3 is 2.56 bits per heavy atom. The third-order valence-corrected chi connectivity index (χ3v) is 3.94. The first-order chi connectivity index (χ1) is 8.49. The van der Waals surface area contributed by atoms with Crippen molar-refractivity contribution in [3.05, 3.63) is 51.5 Å². The average Bonchev–Trinajstić information content (AvgIpc) is 2.56. The van der Waals surface area contributed by atoms with Crippen LogP contribution < -0.4 is 5.32 Å². The lowest BCUT2D eigenvalue weighted by molar-refractivity contribution is 0.627. The summed E-state index contributed by atoms with van der Waals surface area (Å²) in [6, 6.07) is 6.83. The van der Waals surface area contributed by atoms with E-state index in [1.807, 2.05) is 0 Å². The van der Waals surface area contributed by atoms with Crippen LogP contribution in [0.3, 0.4) is 0 Å². The number of nitrogens with one attached hydrogen (secondary N) is 1. The summed E-state index contributed by atoms with van der Waals surface area (Å²) in [5.74, 6) is -0.237. The van der Waals surface area contributed by atoms with Gasteiger partial charge in [0, 0.05) is 35.1 Å². The molecule has 0 atom stereocenters. The van der Waals surface area contributed by atoms with E-state index in [2.05, 4.69) is 52.8 Å². The maximum Gasteiger partial charge on any atom is 0.124 e. The van der Waals surface area contributed by atoms with Gasteiger partial charge < -0.3 is 9.88 Å². The molecule has 1 aromatic carbocycles. The second kappa shape index (κ2) is 5.14. The fraction of sp³-hybridized carbons (Fsp3) is 0.286. The maximum absolute atomic E-state index is 13.0. The van der Waals surface area contributed by atoms with Crippen molar-refractivity contribution in [3.8, 4) is 0 Å². The van der Waals surface area contributed by atoms with E-state index in [0.29, 0.717) is 0 Å². The highest BCUT2D eigenvalue weighted by molar-refractivity contribution is 9.10. The molecule has 0 aliphatic carbocycles. The third kappa shape index (κ3) is 2.58. The smallest absolute Gasteiger partial charge is 0.124 e. The van der Waals surface area contributed by atoms with Crippen molar-refractivity contribution in [1.29, 1.82) is 0 Å². The van der Waals surface area contributed by atoms with E-state index in [0.717, 1.165) is 16.7 Å². The molecule has 2 nitrogen and oxygen atoms in total. The van der Waals surface area contributed by atoms with Gasteiger partial charge in [0.15, 0.2) is 0 Å². The lowest BCUT2D eigenvalue weighted by Crippen LogP contribution is -2.02. The molecule has 1 heterocycles. The number of hydrogen-bond donors (Lipinski definition) is 1. The number of aromatic nitrogens is 1. The van der Waals surface area contributed by atoms with E-state index < -0.39 is 0 Å². The zero-order valence-electron chi connectivity index (χ0n) is 10.7. The highest BCUT2D eigenvalue weighted by atomic mass is 79.9. The second-order valence-electron chi connectivity index (χ2n) is 4.43. The molecule has 0 radical (unpaired) electrons. The molecule has 2 aromatic rings. The van der Waals surface area contributed by atoms with E-state index >= 15 is 0 Å². The minimum absolute atomic E-state index is 0.237. The predicted octanol–water partition coefficient (Wildman–Crippen LogP) is 4.16. The maximum atomic E-state index is 13.0. The zero-order chi connectivity index (χ0) is 13.3. The predicted molar refractivity (Wildman–Crippen MR) is 76.3 cm³/mol. The summed E-state index contributed by atoms with van der Waals surface area (Å²) in [7, 11) is 2.06. The molecule has 0 aliphatic heterocycles. The number of benzene rings is 1. The highest BCUT2D eigenvalue weighted by Gasteiger charge is 2.07. The summed E-state index contributed by atoms with van der Waals surface area (Å²) in [6.45, 7) is 4.92. The van der Waals surface area contributed by atoms with Crippen LogP contribution in [0.15, 0.2) is 28.7 Å². The molecule has 0 aliphatic rings. The van der Waals surface area contributed by atoms with Crippen LogP contribution in [0.1, 0.15) is 17.0 Å². The van der Waals surface area contributed by atoms with Crippen LogP contribution in [0.4, 0.5) is 10.1 Å². The molecule has 1 aromatic heterocycles. The number of aryl methyl sites for hydroxylation is 1. The second-order valence-corrected chi connectivity index (χ2v) is 5.29. The van der Waals surface area contributed by atoms with Gasteiger partial charge in [-0.05, 0) is 59.6 Å².